The Morgan fingerprint density at radius 3 is 2.57 bits per heavy atom. The summed E-state index contributed by atoms with van der Waals surface area (Å²) in [5.74, 6) is 0.0594. The van der Waals surface area contributed by atoms with E-state index in [1.165, 1.54) is 5.56 Å². The molecule has 1 heterocycles. The number of imidazole rings is 1. The molecule has 0 aliphatic heterocycles. The van der Waals surface area contributed by atoms with E-state index in [4.69, 9.17) is 5.73 Å². The molecule has 0 unspecified atom stereocenters. The van der Waals surface area contributed by atoms with Crippen molar-refractivity contribution in [3.8, 4) is 0 Å². The molecule has 116 valence electrons. The summed E-state index contributed by atoms with van der Waals surface area (Å²) in [6, 6.07) is 7.70. The molecule has 0 saturated heterocycles. The van der Waals surface area contributed by atoms with Gasteiger partial charge < -0.3 is 15.6 Å². The van der Waals surface area contributed by atoms with E-state index in [-0.39, 0.29) is 30.7 Å². The quantitative estimate of drug-likeness (QED) is 0.796. The van der Waals surface area contributed by atoms with Crippen molar-refractivity contribution in [3.05, 3.63) is 48.5 Å². The fraction of sp³-hybridized carbons (Fsp3) is 0.286. The molecule has 0 spiro atoms. The van der Waals surface area contributed by atoms with Crippen LogP contribution >= 0.6 is 24.8 Å². The number of rotatable bonds is 6. The first kappa shape index (κ1) is 19.3. The fourth-order valence-corrected chi connectivity index (χ4v) is 1.77. The van der Waals surface area contributed by atoms with E-state index in [1.54, 1.807) is 12.5 Å². The van der Waals surface area contributed by atoms with Crippen LogP contribution in [0.1, 0.15) is 12.0 Å². The number of nitrogen functional groups attached to an aromatic ring is 1. The average Bonchev–Trinajstić information content (AvgIpc) is 2.92. The minimum absolute atomic E-state index is 0. The van der Waals surface area contributed by atoms with Crippen molar-refractivity contribution in [1.82, 2.24) is 14.9 Å². The molecular formula is C14H20Cl2N4O. The van der Waals surface area contributed by atoms with Crippen molar-refractivity contribution < 1.29 is 4.79 Å². The molecular weight excluding hydrogens is 311 g/mol. The van der Waals surface area contributed by atoms with E-state index in [2.05, 4.69) is 10.3 Å². The number of carbonyl (C=O) groups excluding carboxylic acids is 1. The van der Waals surface area contributed by atoms with Gasteiger partial charge >= 0.3 is 0 Å². The zero-order valence-electron chi connectivity index (χ0n) is 11.6. The number of hydrogen-bond acceptors (Lipinski definition) is 3. The molecule has 2 aromatic rings. The van der Waals surface area contributed by atoms with Crippen LogP contribution in [0.5, 0.6) is 0 Å². The highest BCUT2D eigenvalue weighted by atomic mass is 35.5. The van der Waals surface area contributed by atoms with E-state index in [0.717, 1.165) is 12.1 Å². The molecule has 0 radical (unpaired) electrons. The van der Waals surface area contributed by atoms with Gasteiger partial charge in [-0.05, 0) is 24.1 Å². The smallest absolute Gasteiger partial charge is 0.221 e. The molecule has 1 amide bonds. The average molecular weight is 331 g/mol. The Hall–Kier alpha value is -1.72. The van der Waals surface area contributed by atoms with Crippen LogP contribution in [0.4, 0.5) is 5.69 Å². The Balaban J connectivity index is 0.00000200. The van der Waals surface area contributed by atoms with E-state index >= 15 is 0 Å². The molecule has 0 saturated carbocycles. The van der Waals surface area contributed by atoms with Crippen LogP contribution in [0, 0.1) is 0 Å². The van der Waals surface area contributed by atoms with Gasteiger partial charge in [0, 0.05) is 37.6 Å². The van der Waals surface area contributed by atoms with Crippen LogP contribution in [-0.2, 0) is 17.8 Å². The summed E-state index contributed by atoms with van der Waals surface area (Å²) in [6.07, 6.45) is 6.55. The summed E-state index contributed by atoms with van der Waals surface area (Å²) < 4.78 is 1.89. The molecule has 5 nitrogen and oxygen atoms in total. The molecule has 0 aliphatic rings. The van der Waals surface area contributed by atoms with Gasteiger partial charge in [-0.1, -0.05) is 12.1 Å². The lowest BCUT2D eigenvalue weighted by atomic mass is 10.1. The highest BCUT2D eigenvalue weighted by molar-refractivity contribution is 5.85. The third-order valence-electron chi connectivity index (χ3n) is 2.87. The van der Waals surface area contributed by atoms with Crippen LogP contribution in [-0.4, -0.2) is 22.0 Å². The molecule has 0 atom stereocenters. The molecule has 21 heavy (non-hydrogen) atoms. The maximum atomic E-state index is 11.6. The molecule has 0 aliphatic carbocycles. The van der Waals surface area contributed by atoms with Crippen LogP contribution in [0.15, 0.2) is 43.0 Å². The zero-order valence-corrected chi connectivity index (χ0v) is 13.2. The van der Waals surface area contributed by atoms with Crippen molar-refractivity contribution >= 4 is 36.4 Å². The topological polar surface area (TPSA) is 72.9 Å². The van der Waals surface area contributed by atoms with Crippen molar-refractivity contribution in [2.75, 3.05) is 12.3 Å². The third-order valence-corrected chi connectivity index (χ3v) is 2.87. The number of benzene rings is 1. The highest BCUT2D eigenvalue weighted by Crippen LogP contribution is 2.05. The van der Waals surface area contributed by atoms with Gasteiger partial charge in [-0.2, -0.15) is 0 Å². The first-order chi connectivity index (χ1) is 9.24. The van der Waals surface area contributed by atoms with Gasteiger partial charge in [-0.3, -0.25) is 4.79 Å². The molecule has 1 aromatic carbocycles. The van der Waals surface area contributed by atoms with Crippen molar-refractivity contribution in [2.24, 2.45) is 0 Å². The summed E-state index contributed by atoms with van der Waals surface area (Å²) in [5.41, 5.74) is 7.54. The van der Waals surface area contributed by atoms with Gasteiger partial charge in [-0.15, -0.1) is 24.8 Å². The molecule has 7 heteroatoms. The summed E-state index contributed by atoms with van der Waals surface area (Å²) in [6.45, 7) is 1.31. The van der Waals surface area contributed by atoms with Gasteiger partial charge in [-0.25, -0.2) is 4.98 Å². The second-order valence-corrected chi connectivity index (χ2v) is 4.39. The first-order valence-electron chi connectivity index (χ1n) is 6.31. The first-order valence-corrected chi connectivity index (χ1v) is 6.31. The van der Waals surface area contributed by atoms with Crippen LogP contribution in [0.3, 0.4) is 0 Å². The van der Waals surface area contributed by atoms with Crippen molar-refractivity contribution in [1.29, 1.82) is 0 Å². The van der Waals surface area contributed by atoms with E-state index < -0.39 is 0 Å². The lowest BCUT2D eigenvalue weighted by Gasteiger charge is -2.06. The number of hydrogen-bond donors (Lipinski definition) is 2. The second kappa shape index (κ2) is 10.1. The van der Waals surface area contributed by atoms with E-state index in [0.29, 0.717) is 19.5 Å². The lowest BCUT2D eigenvalue weighted by molar-refractivity contribution is -0.121. The number of anilines is 1. The summed E-state index contributed by atoms with van der Waals surface area (Å²) in [4.78, 5) is 15.5. The highest BCUT2D eigenvalue weighted by Gasteiger charge is 2.01. The van der Waals surface area contributed by atoms with E-state index in [1.807, 2.05) is 35.0 Å². The van der Waals surface area contributed by atoms with Gasteiger partial charge in [0.25, 0.3) is 0 Å². The third kappa shape index (κ3) is 7.02. The summed E-state index contributed by atoms with van der Waals surface area (Å²) in [5, 5.41) is 2.90. The van der Waals surface area contributed by atoms with Gasteiger partial charge in [0.1, 0.15) is 0 Å². The summed E-state index contributed by atoms with van der Waals surface area (Å²) >= 11 is 0. The van der Waals surface area contributed by atoms with Crippen LogP contribution in [0.2, 0.25) is 0 Å². The normalized spacial score (nSPS) is 9.33. The lowest BCUT2D eigenvalue weighted by Crippen LogP contribution is -2.26. The Morgan fingerprint density at radius 2 is 1.95 bits per heavy atom. The molecule has 2 rings (SSSR count). The van der Waals surface area contributed by atoms with Crippen LogP contribution < -0.4 is 11.1 Å². The van der Waals surface area contributed by atoms with Crippen molar-refractivity contribution in [3.63, 3.8) is 0 Å². The molecule has 0 fully saturated rings. The van der Waals surface area contributed by atoms with Crippen molar-refractivity contribution in [2.45, 2.75) is 19.4 Å². The maximum absolute atomic E-state index is 11.6. The Morgan fingerprint density at radius 1 is 1.24 bits per heavy atom. The minimum Gasteiger partial charge on any atom is -0.399 e. The molecule has 3 N–H and O–H groups in total. The van der Waals surface area contributed by atoms with Gasteiger partial charge in [0.2, 0.25) is 5.91 Å². The van der Waals surface area contributed by atoms with E-state index in [9.17, 15) is 4.79 Å². The SMILES string of the molecule is Cl.Cl.Nc1ccc(CCNC(=O)CCn2ccnc2)cc1. The number of halogens is 2. The predicted molar refractivity (Wildman–Crippen MR) is 88.9 cm³/mol. The zero-order chi connectivity index (χ0) is 13.5. The van der Waals surface area contributed by atoms with Gasteiger partial charge in [0.05, 0.1) is 6.33 Å². The molecule has 1 aromatic heterocycles. The number of nitrogens with two attached hydrogens (primary N) is 1. The fourth-order valence-electron chi connectivity index (χ4n) is 1.77. The number of aryl methyl sites for hydroxylation is 1. The Labute approximate surface area is 136 Å². The predicted octanol–water partition coefficient (Wildman–Crippen LogP) is 2.06. The van der Waals surface area contributed by atoms with Crippen LogP contribution in [0.25, 0.3) is 0 Å². The number of aromatic nitrogens is 2. The monoisotopic (exact) mass is 330 g/mol. The van der Waals surface area contributed by atoms with Gasteiger partial charge in [0.15, 0.2) is 0 Å². The summed E-state index contributed by atoms with van der Waals surface area (Å²) in [7, 11) is 0. The Kier molecular flexibility index (Phi) is 9.25. The largest absolute Gasteiger partial charge is 0.399 e. The number of carbonyl (C=O) groups is 1. The number of nitrogens with zero attached hydrogens (tertiary/aromatic N) is 2. The number of nitrogens with one attached hydrogen (secondary N) is 1. The Bertz CT molecular complexity index is 514. The standard InChI is InChI=1S/C14H18N4O.2ClH/c15-13-3-1-12(2-4-13)5-7-17-14(19)6-9-18-10-8-16-11-18;;/h1-4,8,10-11H,5-7,9,15H2,(H,17,19);2*1H. The minimum atomic E-state index is 0. The maximum Gasteiger partial charge on any atom is 0.221 e. The molecule has 0 bridgehead atoms. The number of amides is 1. The second-order valence-electron chi connectivity index (χ2n) is 4.39.